The van der Waals surface area contributed by atoms with Gasteiger partial charge >= 0.3 is 0 Å². The lowest BCUT2D eigenvalue weighted by Crippen LogP contribution is -1.74. The van der Waals surface area contributed by atoms with E-state index >= 15 is 0 Å². The van der Waals surface area contributed by atoms with Gasteiger partial charge in [0.05, 0.1) is 0 Å². The van der Waals surface area contributed by atoms with Gasteiger partial charge in [0.1, 0.15) is 0 Å². The summed E-state index contributed by atoms with van der Waals surface area (Å²) in [4.78, 5) is 0. The molecule has 1 rings (SSSR count). The van der Waals surface area contributed by atoms with Crippen molar-refractivity contribution in [2.45, 2.75) is 26.7 Å². The van der Waals surface area contributed by atoms with Gasteiger partial charge in [-0.25, -0.2) is 0 Å². The van der Waals surface area contributed by atoms with Crippen LogP contribution in [0, 0.1) is 0 Å². The molecule has 0 bridgehead atoms. The van der Waals surface area contributed by atoms with E-state index in [0.717, 1.165) is 13.2 Å². The Morgan fingerprint density at radius 1 is 1.00 bits per heavy atom. The smallest absolute Gasteiger partial charge is 0.0466 e. The number of aliphatic hydroxyl groups excluding tert-OH is 2. The molecule has 1 aliphatic rings. The van der Waals surface area contributed by atoms with Crippen molar-refractivity contribution in [2.75, 3.05) is 26.4 Å². The molecule has 3 heteroatoms. The molecular formula is C8H20O3. The summed E-state index contributed by atoms with van der Waals surface area (Å²) in [7, 11) is 0. The van der Waals surface area contributed by atoms with Gasteiger partial charge < -0.3 is 14.9 Å². The van der Waals surface area contributed by atoms with Crippen molar-refractivity contribution in [3.05, 3.63) is 0 Å². The van der Waals surface area contributed by atoms with Gasteiger partial charge in [0.25, 0.3) is 0 Å². The third-order valence-corrected chi connectivity index (χ3v) is 0.827. The van der Waals surface area contributed by atoms with Crippen LogP contribution in [0.2, 0.25) is 0 Å². The molecule has 0 aliphatic carbocycles. The zero-order chi connectivity index (χ0) is 8.95. The van der Waals surface area contributed by atoms with Crippen LogP contribution < -0.4 is 0 Å². The number of hydrogen-bond donors (Lipinski definition) is 2. The SMILES string of the molecule is C1CCOC1.CCO.CCO. The number of hydrogen-bond acceptors (Lipinski definition) is 3. The first kappa shape index (κ1) is 13.5. The van der Waals surface area contributed by atoms with E-state index in [9.17, 15) is 0 Å². The van der Waals surface area contributed by atoms with Gasteiger partial charge in [0.2, 0.25) is 0 Å². The predicted octanol–water partition coefficient (Wildman–Crippen LogP) is 0.794. The van der Waals surface area contributed by atoms with E-state index in [1.165, 1.54) is 12.8 Å². The molecule has 0 aromatic heterocycles. The van der Waals surface area contributed by atoms with Crippen LogP contribution in [0.5, 0.6) is 0 Å². The minimum Gasteiger partial charge on any atom is -0.397 e. The lowest BCUT2D eigenvalue weighted by molar-refractivity contribution is 0.198. The average molecular weight is 164 g/mol. The molecule has 1 fully saturated rings. The van der Waals surface area contributed by atoms with Crippen LogP contribution in [-0.4, -0.2) is 36.6 Å². The largest absolute Gasteiger partial charge is 0.397 e. The van der Waals surface area contributed by atoms with Crippen molar-refractivity contribution < 1.29 is 14.9 Å². The summed E-state index contributed by atoms with van der Waals surface area (Å²) in [6, 6.07) is 0. The summed E-state index contributed by atoms with van der Waals surface area (Å²) in [6.07, 6.45) is 2.56. The van der Waals surface area contributed by atoms with Crippen molar-refractivity contribution in [1.82, 2.24) is 0 Å². The van der Waals surface area contributed by atoms with E-state index in [1.807, 2.05) is 0 Å². The van der Waals surface area contributed by atoms with Crippen LogP contribution in [-0.2, 0) is 4.74 Å². The van der Waals surface area contributed by atoms with Crippen molar-refractivity contribution in [2.24, 2.45) is 0 Å². The minimum absolute atomic E-state index is 0.250. The fourth-order valence-electron chi connectivity index (χ4n) is 0.510. The Hall–Kier alpha value is -0.120. The molecule has 0 unspecified atom stereocenters. The number of aliphatic hydroxyl groups is 2. The van der Waals surface area contributed by atoms with Crippen LogP contribution in [0.25, 0.3) is 0 Å². The second-order valence-corrected chi connectivity index (χ2v) is 1.95. The fourth-order valence-corrected chi connectivity index (χ4v) is 0.510. The molecule has 0 amide bonds. The monoisotopic (exact) mass is 164 g/mol. The average Bonchev–Trinajstić information content (AvgIpc) is 2.44. The third kappa shape index (κ3) is 25.8. The highest BCUT2D eigenvalue weighted by Crippen LogP contribution is 1.98. The van der Waals surface area contributed by atoms with E-state index in [4.69, 9.17) is 14.9 Å². The molecule has 0 saturated carbocycles. The molecule has 3 nitrogen and oxygen atoms in total. The normalized spacial score (nSPS) is 14.2. The Morgan fingerprint density at radius 2 is 1.27 bits per heavy atom. The summed E-state index contributed by atoms with van der Waals surface area (Å²) in [5.41, 5.74) is 0. The number of rotatable bonds is 0. The van der Waals surface area contributed by atoms with E-state index in [-0.39, 0.29) is 13.2 Å². The molecule has 1 aliphatic heterocycles. The molecule has 1 heterocycles. The van der Waals surface area contributed by atoms with Crippen molar-refractivity contribution in [1.29, 1.82) is 0 Å². The molecule has 0 atom stereocenters. The quantitative estimate of drug-likeness (QED) is 0.556. The Morgan fingerprint density at radius 3 is 1.36 bits per heavy atom. The van der Waals surface area contributed by atoms with Crippen molar-refractivity contribution >= 4 is 0 Å². The summed E-state index contributed by atoms with van der Waals surface area (Å²) >= 11 is 0. The lowest BCUT2D eigenvalue weighted by atomic mass is 10.4. The van der Waals surface area contributed by atoms with Crippen LogP contribution in [0.3, 0.4) is 0 Å². The van der Waals surface area contributed by atoms with E-state index in [1.54, 1.807) is 13.8 Å². The zero-order valence-corrected chi connectivity index (χ0v) is 7.55. The van der Waals surface area contributed by atoms with Crippen LogP contribution >= 0.6 is 0 Å². The van der Waals surface area contributed by atoms with E-state index < -0.39 is 0 Å². The Kier molecular flexibility index (Phi) is 20.2. The summed E-state index contributed by atoms with van der Waals surface area (Å²) < 4.78 is 4.94. The molecule has 11 heavy (non-hydrogen) atoms. The zero-order valence-electron chi connectivity index (χ0n) is 7.55. The van der Waals surface area contributed by atoms with Crippen LogP contribution in [0.1, 0.15) is 26.7 Å². The first-order chi connectivity index (χ1) is 5.33. The molecule has 0 aromatic rings. The van der Waals surface area contributed by atoms with E-state index in [0.29, 0.717) is 0 Å². The van der Waals surface area contributed by atoms with Crippen LogP contribution in [0.15, 0.2) is 0 Å². The summed E-state index contributed by atoms with van der Waals surface area (Å²) in [6.45, 7) is 5.86. The Balaban J connectivity index is 0. The molecule has 0 aromatic carbocycles. The highest BCUT2D eigenvalue weighted by atomic mass is 16.5. The number of ether oxygens (including phenoxy) is 1. The molecule has 70 valence electrons. The standard InChI is InChI=1S/C4H8O.2C2H6O/c1-2-4-5-3-1;2*1-2-3/h1-4H2;2*3H,2H2,1H3. The van der Waals surface area contributed by atoms with Gasteiger partial charge in [-0.05, 0) is 26.7 Å². The molecule has 1 saturated heterocycles. The molecule has 2 N–H and O–H groups in total. The van der Waals surface area contributed by atoms with Gasteiger partial charge in [0, 0.05) is 26.4 Å². The highest BCUT2D eigenvalue weighted by molar-refractivity contribution is 4.43. The third-order valence-electron chi connectivity index (χ3n) is 0.827. The van der Waals surface area contributed by atoms with Gasteiger partial charge in [0.15, 0.2) is 0 Å². The Bertz CT molecular complexity index is 35.0. The van der Waals surface area contributed by atoms with Crippen molar-refractivity contribution in [3.63, 3.8) is 0 Å². The van der Waals surface area contributed by atoms with Gasteiger partial charge in [-0.2, -0.15) is 0 Å². The second-order valence-electron chi connectivity index (χ2n) is 1.95. The fraction of sp³-hybridized carbons (Fsp3) is 1.00. The van der Waals surface area contributed by atoms with Gasteiger partial charge in [-0.1, -0.05) is 0 Å². The minimum atomic E-state index is 0.250. The van der Waals surface area contributed by atoms with Gasteiger partial charge in [-0.3, -0.25) is 0 Å². The van der Waals surface area contributed by atoms with Crippen molar-refractivity contribution in [3.8, 4) is 0 Å². The lowest BCUT2D eigenvalue weighted by Gasteiger charge is -1.76. The second kappa shape index (κ2) is 16.5. The highest BCUT2D eigenvalue weighted by Gasteiger charge is 1.94. The van der Waals surface area contributed by atoms with Crippen LogP contribution in [0.4, 0.5) is 0 Å². The summed E-state index contributed by atoms with van der Waals surface area (Å²) in [5, 5.41) is 15.1. The molecule has 0 radical (unpaired) electrons. The summed E-state index contributed by atoms with van der Waals surface area (Å²) in [5.74, 6) is 0. The first-order valence-electron chi connectivity index (χ1n) is 4.12. The molecular weight excluding hydrogens is 144 g/mol. The Labute approximate surface area is 69.0 Å². The predicted molar refractivity (Wildman–Crippen MR) is 45.6 cm³/mol. The first-order valence-corrected chi connectivity index (χ1v) is 4.12. The molecule has 0 spiro atoms. The maximum atomic E-state index is 7.57. The maximum absolute atomic E-state index is 7.57. The van der Waals surface area contributed by atoms with Gasteiger partial charge in [-0.15, -0.1) is 0 Å². The maximum Gasteiger partial charge on any atom is 0.0466 e. The topological polar surface area (TPSA) is 49.7 Å². The van der Waals surface area contributed by atoms with E-state index in [2.05, 4.69) is 0 Å².